The Balaban J connectivity index is 0.00000176. The normalized spacial score (nSPS) is 17.0. The summed E-state index contributed by atoms with van der Waals surface area (Å²) in [5.41, 5.74) is 9.39. The van der Waals surface area contributed by atoms with E-state index in [-0.39, 0.29) is 35.5 Å². The molecule has 0 amide bonds. The van der Waals surface area contributed by atoms with Crippen molar-refractivity contribution in [1.29, 1.82) is 0 Å². The van der Waals surface area contributed by atoms with Crippen molar-refractivity contribution in [3.63, 3.8) is 0 Å². The van der Waals surface area contributed by atoms with Gasteiger partial charge in [-0.1, -0.05) is 0 Å². The number of carbonyl (C=O) groups is 1. The molecular formula is C15H19BrFN3O2. The van der Waals surface area contributed by atoms with Crippen LogP contribution in [0.15, 0.2) is 12.1 Å². The topological polar surface area (TPSA) is 70.1 Å². The summed E-state index contributed by atoms with van der Waals surface area (Å²) in [4.78, 5) is 15.8. The Morgan fingerprint density at radius 2 is 2.32 bits per heavy atom. The second kappa shape index (κ2) is 6.75. The zero-order valence-corrected chi connectivity index (χ0v) is 14.1. The average Bonchev–Trinajstić information content (AvgIpc) is 2.72. The van der Waals surface area contributed by atoms with Crippen LogP contribution in [0.3, 0.4) is 0 Å². The van der Waals surface area contributed by atoms with E-state index in [2.05, 4.69) is 4.98 Å². The lowest BCUT2D eigenvalue weighted by molar-refractivity contribution is -0.143. The molecule has 1 atom stereocenters. The predicted octanol–water partition coefficient (Wildman–Crippen LogP) is 2.13. The molecule has 5 nitrogen and oxygen atoms in total. The number of aromatic nitrogens is 2. The standard InChI is InChI=1S/C15H18FN3O2.BrH/c1-2-21-14(20)8-19-11-4-3-9(17)7-10(11)15-12(19)5-6-13(16)18-15;/h5-6,9H,2-4,7-8,17H2,1H3;1H/t9-;/m0./s1. The number of carbonyl (C=O) groups excluding carboxylic acids is 1. The highest BCUT2D eigenvalue weighted by molar-refractivity contribution is 8.93. The summed E-state index contributed by atoms with van der Waals surface area (Å²) in [5, 5.41) is 0. The van der Waals surface area contributed by atoms with Crippen molar-refractivity contribution in [3.8, 4) is 0 Å². The zero-order chi connectivity index (χ0) is 15.0. The molecule has 3 rings (SSSR count). The number of rotatable bonds is 3. The van der Waals surface area contributed by atoms with E-state index < -0.39 is 5.95 Å². The van der Waals surface area contributed by atoms with Crippen molar-refractivity contribution in [2.75, 3.05) is 6.61 Å². The SMILES string of the molecule is Br.CCOC(=O)Cn1c2c(c3nc(F)ccc31)C[C@@H](N)CC2. The minimum atomic E-state index is -0.516. The van der Waals surface area contributed by atoms with Gasteiger partial charge in [-0.3, -0.25) is 4.79 Å². The largest absolute Gasteiger partial charge is 0.465 e. The molecular weight excluding hydrogens is 353 g/mol. The Kier molecular flexibility index (Phi) is 5.18. The molecule has 0 aliphatic heterocycles. The van der Waals surface area contributed by atoms with Gasteiger partial charge < -0.3 is 15.0 Å². The van der Waals surface area contributed by atoms with Crippen LogP contribution in [0.2, 0.25) is 0 Å². The van der Waals surface area contributed by atoms with Gasteiger partial charge in [0, 0.05) is 17.3 Å². The minimum Gasteiger partial charge on any atom is -0.465 e. The van der Waals surface area contributed by atoms with Crippen molar-refractivity contribution in [2.24, 2.45) is 5.73 Å². The first kappa shape index (κ1) is 16.9. The van der Waals surface area contributed by atoms with Gasteiger partial charge in [-0.05, 0) is 38.3 Å². The maximum atomic E-state index is 13.5. The first-order chi connectivity index (χ1) is 10.1. The molecule has 1 aliphatic rings. The summed E-state index contributed by atoms with van der Waals surface area (Å²) in [6.07, 6.45) is 2.29. The van der Waals surface area contributed by atoms with Gasteiger partial charge in [-0.15, -0.1) is 17.0 Å². The van der Waals surface area contributed by atoms with Crippen LogP contribution in [-0.4, -0.2) is 28.2 Å². The fourth-order valence-electron chi connectivity index (χ4n) is 3.02. The van der Waals surface area contributed by atoms with E-state index in [4.69, 9.17) is 10.5 Å². The van der Waals surface area contributed by atoms with Crippen molar-refractivity contribution in [3.05, 3.63) is 29.3 Å². The Morgan fingerprint density at radius 3 is 3.05 bits per heavy atom. The highest BCUT2D eigenvalue weighted by atomic mass is 79.9. The van der Waals surface area contributed by atoms with E-state index in [0.29, 0.717) is 18.5 Å². The maximum Gasteiger partial charge on any atom is 0.325 e. The molecule has 7 heteroatoms. The van der Waals surface area contributed by atoms with Gasteiger partial charge in [0.15, 0.2) is 0 Å². The highest BCUT2D eigenvalue weighted by Crippen LogP contribution is 2.30. The first-order valence-corrected chi connectivity index (χ1v) is 7.17. The van der Waals surface area contributed by atoms with Crippen molar-refractivity contribution >= 4 is 34.0 Å². The van der Waals surface area contributed by atoms with Crippen LogP contribution in [0.4, 0.5) is 4.39 Å². The lowest BCUT2D eigenvalue weighted by Gasteiger charge is -2.20. The Hall–Kier alpha value is -1.47. The molecule has 0 spiro atoms. The number of halogens is 2. The monoisotopic (exact) mass is 371 g/mol. The van der Waals surface area contributed by atoms with Gasteiger partial charge in [0.1, 0.15) is 6.54 Å². The Morgan fingerprint density at radius 1 is 1.55 bits per heavy atom. The van der Waals surface area contributed by atoms with Crippen LogP contribution >= 0.6 is 17.0 Å². The van der Waals surface area contributed by atoms with E-state index in [0.717, 1.165) is 29.6 Å². The molecule has 1 aliphatic carbocycles. The number of pyridine rings is 1. The minimum absolute atomic E-state index is 0. The number of nitrogens with zero attached hydrogens (tertiary/aromatic N) is 2. The fourth-order valence-corrected chi connectivity index (χ4v) is 3.02. The van der Waals surface area contributed by atoms with Crippen molar-refractivity contribution in [2.45, 2.75) is 38.8 Å². The summed E-state index contributed by atoms with van der Waals surface area (Å²) in [6, 6.07) is 3.04. The van der Waals surface area contributed by atoms with Gasteiger partial charge in [0.2, 0.25) is 5.95 Å². The summed E-state index contributed by atoms with van der Waals surface area (Å²) >= 11 is 0. The number of hydrogen-bond acceptors (Lipinski definition) is 4. The molecule has 2 aromatic rings. The molecule has 120 valence electrons. The van der Waals surface area contributed by atoms with Crippen LogP contribution in [-0.2, 0) is 28.9 Å². The van der Waals surface area contributed by atoms with Crippen molar-refractivity contribution < 1.29 is 13.9 Å². The van der Waals surface area contributed by atoms with E-state index in [9.17, 15) is 9.18 Å². The number of hydrogen-bond donors (Lipinski definition) is 1. The number of esters is 1. The van der Waals surface area contributed by atoms with Gasteiger partial charge >= 0.3 is 5.97 Å². The van der Waals surface area contributed by atoms with Gasteiger partial charge in [-0.2, -0.15) is 4.39 Å². The van der Waals surface area contributed by atoms with E-state index in [1.165, 1.54) is 6.07 Å². The fraction of sp³-hybridized carbons (Fsp3) is 0.467. The summed E-state index contributed by atoms with van der Waals surface area (Å²) < 4.78 is 20.4. The maximum absolute atomic E-state index is 13.5. The second-order valence-corrected chi connectivity index (χ2v) is 5.32. The molecule has 2 N–H and O–H groups in total. The lowest BCUT2D eigenvalue weighted by Crippen LogP contribution is -2.29. The highest BCUT2D eigenvalue weighted by Gasteiger charge is 2.25. The molecule has 0 fully saturated rings. The molecule has 0 aromatic carbocycles. The zero-order valence-electron chi connectivity index (χ0n) is 12.3. The lowest BCUT2D eigenvalue weighted by atomic mass is 9.93. The number of fused-ring (bicyclic) bond motifs is 3. The summed E-state index contributed by atoms with van der Waals surface area (Å²) in [7, 11) is 0. The van der Waals surface area contributed by atoms with Gasteiger partial charge in [-0.25, -0.2) is 4.98 Å². The van der Waals surface area contributed by atoms with Crippen LogP contribution in [0.25, 0.3) is 11.0 Å². The Labute approximate surface area is 138 Å². The molecule has 0 saturated carbocycles. The van der Waals surface area contributed by atoms with E-state index in [1.54, 1.807) is 13.0 Å². The van der Waals surface area contributed by atoms with E-state index >= 15 is 0 Å². The molecule has 2 heterocycles. The van der Waals surface area contributed by atoms with Crippen LogP contribution < -0.4 is 5.73 Å². The second-order valence-electron chi connectivity index (χ2n) is 5.32. The quantitative estimate of drug-likeness (QED) is 0.662. The summed E-state index contributed by atoms with van der Waals surface area (Å²) in [5.74, 6) is -0.811. The van der Waals surface area contributed by atoms with Crippen molar-refractivity contribution in [1.82, 2.24) is 9.55 Å². The number of ether oxygens (including phenoxy) is 1. The Bertz CT molecular complexity index is 702. The van der Waals surface area contributed by atoms with Gasteiger partial charge in [0.25, 0.3) is 0 Å². The molecule has 22 heavy (non-hydrogen) atoms. The molecule has 0 unspecified atom stereocenters. The van der Waals surface area contributed by atoms with Gasteiger partial charge in [0.05, 0.1) is 17.6 Å². The van der Waals surface area contributed by atoms with Crippen LogP contribution in [0, 0.1) is 5.95 Å². The molecule has 0 bridgehead atoms. The average molecular weight is 372 g/mol. The van der Waals surface area contributed by atoms with Crippen LogP contribution in [0.5, 0.6) is 0 Å². The predicted molar refractivity (Wildman–Crippen MR) is 86.6 cm³/mol. The van der Waals surface area contributed by atoms with E-state index in [1.807, 2.05) is 4.57 Å². The number of nitrogens with two attached hydrogens (primary N) is 1. The third-order valence-corrected chi connectivity index (χ3v) is 3.90. The third-order valence-electron chi connectivity index (χ3n) is 3.90. The first-order valence-electron chi connectivity index (χ1n) is 7.17. The summed E-state index contributed by atoms with van der Waals surface area (Å²) in [6.45, 7) is 2.25. The molecule has 2 aromatic heterocycles. The molecule has 0 saturated heterocycles. The molecule has 0 radical (unpaired) electrons. The smallest absolute Gasteiger partial charge is 0.325 e. The van der Waals surface area contributed by atoms with Crippen LogP contribution in [0.1, 0.15) is 24.6 Å². The third kappa shape index (κ3) is 3.01.